The molecule has 15 heavy (non-hydrogen) atoms. The molecule has 0 amide bonds. The van der Waals surface area contributed by atoms with Gasteiger partial charge < -0.3 is 10.5 Å². The molecular weight excluding hydrogens is 190 g/mol. The highest BCUT2D eigenvalue weighted by atomic mass is 16.5. The Morgan fingerprint density at radius 2 is 2.00 bits per heavy atom. The average molecular weight is 205 g/mol. The first-order valence-corrected chi connectivity index (χ1v) is 5.22. The van der Waals surface area contributed by atoms with Crippen molar-refractivity contribution in [1.82, 2.24) is 0 Å². The summed E-state index contributed by atoms with van der Waals surface area (Å²) >= 11 is 0. The van der Waals surface area contributed by atoms with Gasteiger partial charge in [-0.2, -0.15) is 0 Å². The van der Waals surface area contributed by atoms with E-state index < -0.39 is 0 Å². The number of rotatable bonds is 3. The quantitative estimate of drug-likeness (QED) is 0.766. The van der Waals surface area contributed by atoms with Crippen LogP contribution in [-0.4, -0.2) is 12.6 Å². The van der Waals surface area contributed by atoms with Gasteiger partial charge in [0, 0.05) is 5.54 Å². The maximum atomic E-state index is 11.4. The molecule has 0 aromatic heterocycles. The lowest BCUT2D eigenvalue weighted by molar-refractivity contribution is 0.0526. The van der Waals surface area contributed by atoms with Gasteiger partial charge in [0.1, 0.15) is 0 Å². The van der Waals surface area contributed by atoms with E-state index in [0.717, 1.165) is 18.4 Å². The lowest BCUT2D eigenvalue weighted by atomic mass is 10.0. The van der Waals surface area contributed by atoms with Gasteiger partial charge in [0.15, 0.2) is 0 Å². The van der Waals surface area contributed by atoms with Gasteiger partial charge in [0.05, 0.1) is 12.2 Å². The maximum Gasteiger partial charge on any atom is 0.338 e. The molecule has 3 heteroatoms. The summed E-state index contributed by atoms with van der Waals surface area (Å²) in [5, 5.41) is 0. The molecule has 0 atom stereocenters. The van der Waals surface area contributed by atoms with Crippen molar-refractivity contribution in [2.24, 2.45) is 5.73 Å². The van der Waals surface area contributed by atoms with Crippen molar-refractivity contribution in [1.29, 1.82) is 0 Å². The van der Waals surface area contributed by atoms with E-state index in [0.29, 0.717) is 12.2 Å². The Morgan fingerprint density at radius 3 is 2.47 bits per heavy atom. The molecular formula is C12H15NO2. The second-order valence-corrected chi connectivity index (χ2v) is 3.95. The van der Waals surface area contributed by atoms with Crippen molar-refractivity contribution in [2.75, 3.05) is 6.61 Å². The fourth-order valence-electron chi connectivity index (χ4n) is 1.58. The molecule has 0 aliphatic heterocycles. The minimum absolute atomic E-state index is 0.132. The predicted molar refractivity (Wildman–Crippen MR) is 57.5 cm³/mol. The fourth-order valence-corrected chi connectivity index (χ4v) is 1.58. The number of hydrogen-bond donors (Lipinski definition) is 1. The standard InChI is InChI=1S/C12H15NO2/c1-2-15-11(14)9-3-5-10(6-4-9)12(13)7-8-12/h3-6H,2,7-8,13H2,1H3. The molecule has 1 aromatic carbocycles. The third-order valence-electron chi connectivity index (χ3n) is 2.76. The van der Waals surface area contributed by atoms with Crippen LogP contribution >= 0.6 is 0 Å². The van der Waals surface area contributed by atoms with E-state index in [4.69, 9.17) is 10.5 Å². The number of benzene rings is 1. The highest BCUT2D eigenvalue weighted by Crippen LogP contribution is 2.42. The molecule has 3 nitrogen and oxygen atoms in total. The SMILES string of the molecule is CCOC(=O)c1ccc(C2(N)CC2)cc1. The van der Waals surface area contributed by atoms with Crippen LogP contribution < -0.4 is 5.73 Å². The number of carbonyl (C=O) groups excluding carboxylic acids is 1. The first kappa shape index (κ1) is 10.2. The summed E-state index contributed by atoms with van der Waals surface area (Å²) in [5.74, 6) is -0.272. The van der Waals surface area contributed by atoms with Gasteiger partial charge in [-0.1, -0.05) is 12.1 Å². The Labute approximate surface area is 89.2 Å². The minimum Gasteiger partial charge on any atom is -0.462 e. The summed E-state index contributed by atoms with van der Waals surface area (Å²) in [6.45, 7) is 2.20. The van der Waals surface area contributed by atoms with Crippen LogP contribution in [0.4, 0.5) is 0 Å². The molecule has 0 heterocycles. The Bertz CT molecular complexity index is 366. The van der Waals surface area contributed by atoms with E-state index in [1.54, 1.807) is 19.1 Å². The van der Waals surface area contributed by atoms with Gasteiger partial charge in [0.25, 0.3) is 0 Å². The summed E-state index contributed by atoms with van der Waals surface area (Å²) in [6.07, 6.45) is 2.07. The van der Waals surface area contributed by atoms with Crippen molar-refractivity contribution in [2.45, 2.75) is 25.3 Å². The predicted octanol–water partition coefficient (Wildman–Crippen LogP) is 1.81. The monoisotopic (exact) mass is 205 g/mol. The van der Waals surface area contributed by atoms with E-state index in [9.17, 15) is 4.79 Å². The highest BCUT2D eigenvalue weighted by molar-refractivity contribution is 5.89. The van der Waals surface area contributed by atoms with E-state index in [1.807, 2.05) is 12.1 Å². The average Bonchev–Trinajstić information content (AvgIpc) is 2.99. The summed E-state index contributed by atoms with van der Waals surface area (Å²) in [5.41, 5.74) is 7.60. The molecule has 0 unspecified atom stereocenters. The van der Waals surface area contributed by atoms with Gasteiger partial charge in [-0.3, -0.25) is 0 Å². The smallest absolute Gasteiger partial charge is 0.338 e. The molecule has 1 aromatic rings. The van der Waals surface area contributed by atoms with Crippen LogP contribution in [0.5, 0.6) is 0 Å². The summed E-state index contributed by atoms with van der Waals surface area (Å²) in [4.78, 5) is 11.4. The zero-order valence-electron chi connectivity index (χ0n) is 8.82. The number of carbonyl (C=O) groups is 1. The molecule has 2 rings (SSSR count). The van der Waals surface area contributed by atoms with Crippen molar-refractivity contribution in [3.63, 3.8) is 0 Å². The summed E-state index contributed by atoms with van der Waals surface area (Å²) < 4.78 is 4.90. The second kappa shape index (κ2) is 3.66. The lowest BCUT2D eigenvalue weighted by Crippen LogP contribution is -2.18. The molecule has 0 saturated heterocycles. The topological polar surface area (TPSA) is 52.3 Å². The van der Waals surface area contributed by atoms with Gasteiger partial charge in [-0.05, 0) is 37.5 Å². The van der Waals surface area contributed by atoms with E-state index >= 15 is 0 Å². The van der Waals surface area contributed by atoms with E-state index in [-0.39, 0.29) is 11.5 Å². The first-order valence-electron chi connectivity index (χ1n) is 5.22. The fraction of sp³-hybridized carbons (Fsp3) is 0.417. The van der Waals surface area contributed by atoms with Crippen LogP contribution in [0.25, 0.3) is 0 Å². The van der Waals surface area contributed by atoms with Gasteiger partial charge >= 0.3 is 5.97 Å². The van der Waals surface area contributed by atoms with Crippen LogP contribution in [0.15, 0.2) is 24.3 Å². The minimum atomic E-state index is -0.272. The Kier molecular flexibility index (Phi) is 2.49. The number of esters is 1. The van der Waals surface area contributed by atoms with Gasteiger partial charge in [0.2, 0.25) is 0 Å². The molecule has 0 spiro atoms. The largest absolute Gasteiger partial charge is 0.462 e. The molecule has 0 bridgehead atoms. The zero-order valence-corrected chi connectivity index (χ0v) is 8.82. The van der Waals surface area contributed by atoms with Crippen LogP contribution in [0, 0.1) is 0 Å². The molecule has 2 N–H and O–H groups in total. The molecule has 1 aliphatic carbocycles. The van der Waals surface area contributed by atoms with Crippen LogP contribution in [0.3, 0.4) is 0 Å². The highest BCUT2D eigenvalue weighted by Gasteiger charge is 2.39. The van der Waals surface area contributed by atoms with Crippen molar-refractivity contribution < 1.29 is 9.53 Å². The lowest BCUT2D eigenvalue weighted by Gasteiger charge is -2.09. The zero-order chi connectivity index (χ0) is 10.9. The second-order valence-electron chi connectivity index (χ2n) is 3.95. The molecule has 1 aliphatic rings. The Balaban J connectivity index is 2.13. The van der Waals surface area contributed by atoms with Gasteiger partial charge in [-0.15, -0.1) is 0 Å². The van der Waals surface area contributed by atoms with Crippen molar-refractivity contribution >= 4 is 5.97 Å². The van der Waals surface area contributed by atoms with Crippen LogP contribution in [0.1, 0.15) is 35.7 Å². The molecule has 1 saturated carbocycles. The number of nitrogens with two attached hydrogens (primary N) is 1. The third kappa shape index (κ3) is 2.02. The Hall–Kier alpha value is -1.35. The third-order valence-corrected chi connectivity index (χ3v) is 2.76. The summed E-state index contributed by atoms with van der Waals surface area (Å²) in [7, 11) is 0. The molecule has 1 fully saturated rings. The van der Waals surface area contributed by atoms with E-state index in [1.165, 1.54) is 0 Å². The van der Waals surface area contributed by atoms with Crippen LogP contribution in [0.2, 0.25) is 0 Å². The van der Waals surface area contributed by atoms with Crippen molar-refractivity contribution in [3.8, 4) is 0 Å². The summed E-state index contributed by atoms with van der Waals surface area (Å²) in [6, 6.07) is 7.39. The number of ether oxygens (including phenoxy) is 1. The van der Waals surface area contributed by atoms with Gasteiger partial charge in [-0.25, -0.2) is 4.79 Å². The van der Waals surface area contributed by atoms with E-state index in [2.05, 4.69) is 0 Å². The van der Waals surface area contributed by atoms with Crippen LogP contribution in [-0.2, 0) is 10.3 Å². The Morgan fingerprint density at radius 1 is 1.40 bits per heavy atom. The molecule has 0 radical (unpaired) electrons. The molecule has 80 valence electrons. The maximum absolute atomic E-state index is 11.4. The van der Waals surface area contributed by atoms with Crippen molar-refractivity contribution in [3.05, 3.63) is 35.4 Å². The normalized spacial score (nSPS) is 17.2. The number of hydrogen-bond acceptors (Lipinski definition) is 3. The first-order chi connectivity index (χ1) is 7.15.